The van der Waals surface area contributed by atoms with Crippen molar-refractivity contribution in [1.29, 1.82) is 0 Å². The Morgan fingerprint density at radius 2 is 2.04 bits per heavy atom. The Balaban J connectivity index is 1.89. The third-order valence-electron chi connectivity index (χ3n) is 5.70. The van der Waals surface area contributed by atoms with Gasteiger partial charge in [0.2, 0.25) is 0 Å². The molecule has 28 heavy (non-hydrogen) atoms. The number of para-hydroxylation sites is 1. The van der Waals surface area contributed by atoms with Crippen LogP contribution in [-0.2, 0) is 6.42 Å². The number of hydrogen-bond acceptors (Lipinski definition) is 3. The molecule has 0 unspecified atom stereocenters. The first kappa shape index (κ1) is 20.0. The summed E-state index contributed by atoms with van der Waals surface area (Å²) < 4.78 is 11.7. The fraction of sp³-hybridized carbons (Fsp3) is 0.375. The molecule has 1 heterocycles. The van der Waals surface area contributed by atoms with Crippen LogP contribution in [0.3, 0.4) is 0 Å². The summed E-state index contributed by atoms with van der Waals surface area (Å²) in [6.45, 7) is 8.07. The number of rotatable bonds is 7. The van der Waals surface area contributed by atoms with E-state index in [1.165, 1.54) is 0 Å². The second kappa shape index (κ2) is 8.51. The fourth-order valence-electron chi connectivity index (χ4n) is 3.91. The number of allylic oxidation sites excluding steroid dienone is 1. The van der Waals surface area contributed by atoms with Gasteiger partial charge in [0.1, 0.15) is 17.1 Å². The Hall–Kier alpha value is -2.75. The summed E-state index contributed by atoms with van der Waals surface area (Å²) in [5.74, 6) is 1.55. The van der Waals surface area contributed by atoms with Gasteiger partial charge in [0.05, 0.1) is 13.2 Å². The van der Waals surface area contributed by atoms with Gasteiger partial charge in [-0.25, -0.2) is 0 Å². The maximum absolute atomic E-state index is 13.0. The minimum Gasteiger partial charge on any atom is -0.496 e. The average Bonchev–Trinajstić information content (AvgIpc) is 2.73. The first-order valence-electron chi connectivity index (χ1n) is 9.92. The van der Waals surface area contributed by atoms with Crippen molar-refractivity contribution in [2.24, 2.45) is 0 Å². The molecule has 0 bridgehead atoms. The van der Waals surface area contributed by atoms with Crippen LogP contribution in [0.2, 0.25) is 0 Å². The molecule has 0 aromatic heterocycles. The third kappa shape index (κ3) is 3.91. The van der Waals surface area contributed by atoms with Crippen molar-refractivity contribution in [2.45, 2.75) is 51.2 Å². The molecule has 1 aliphatic rings. The number of nitrogens with one attached hydrogen (secondary N) is 1. The van der Waals surface area contributed by atoms with Gasteiger partial charge in [-0.05, 0) is 49.1 Å². The number of benzene rings is 2. The quantitative estimate of drug-likeness (QED) is 0.670. The van der Waals surface area contributed by atoms with Gasteiger partial charge in [0, 0.05) is 17.5 Å². The minimum absolute atomic E-state index is 0.0812. The maximum atomic E-state index is 13.0. The summed E-state index contributed by atoms with van der Waals surface area (Å²) in [5.41, 5.74) is 2.36. The Morgan fingerprint density at radius 3 is 2.71 bits per heavy atom. The molecule has 0 radical (unpaired) electrons. The SMILES string of the molecule is C=CCc1cc(C(=O)N[C@H]2CC(CC)(CC)Oc3ccccc32)ccc1OC. The predicted molar refractivity (Wildman–Crippen MR) is 112 cm³/mol. The van der Waals surface area contributed by atoms with E-state index in [9.17, 15) is 4.79 Å². The van der Waals surface area contributed by atoms with Crippen molar-refractivity contribution < 1.29 is 14.3 Å². The molecule has 4 heteroatoms. The average molecular weight is 380 g/mol. The zero-order chi connectivity index (χ0) is 20.1. The van der Waals surface area contributed by atoms with Gasteiger partial charge in [-0.15, -0.1) is 6.58 Å². The molecule has 148 valence electrons. The molecule has 0 aliphatic carbocycles. The monoisotopic (exact) mass is 379 g/mol. The second-order valence-electron chi connectivity index (χ2n) is 7.28. The van der Waals surface area contributed by atoms with Gasteiger partial charge in [0.25, 0.3) is 5.91 Å². The zero-order valence-electron chi connectivity index (χ0n) is 17.0. The lowest BCUT2D eigenvalue weighted by Crippen LogP contribution is -2.44. The molecule has 4 nitrogen and oxygen atoms in total. The van der Waals surface area contributed by atoms with E-state index in [1.807, 2.05) is 42.5 Å². The van der Waals surface area contributed by atoms with Crippen LogP contribution in [0.25, 0.3) is 0 Å². The molecule has 0 saturated heterocycles. The molecular formula is C24H29NO3. The Bertz CT molecular complexity index is 855. The Kier molecular flexibility index (Phi) is 6.08. The van der Waals surface area contributed by atoms with Gasteiger partial charge in [-0.2, -0.15) is 0 Å². The van der Waals surface area contributed by atoms with E-state index >= 15 is 0 Å². The molecule has 0 spiro atoms. The van der Waals surface area contributed by atoms with Crippen LogP contribution in [-0.4, -0.2) is 18.6 Å². The lowest BCUT2D eigenvalue weighted by Gasteiger charge is -2.41. The summed E-state index contributed by atoms with van der Waals surface area (Å²) in [7, 11) is 1.63. The van der Waals surface area contributed by atoms with E-state index in [4.69, 9.17) is 9.47 Å². The van der Waals surface area contributed by atoms with Gasteiger partial charge >= 0.3 is 0 Å². The van der Waals surface area contributed by atoms with E-state index in [0.29, 0.717) is 12.0 Å². The van der Waals surface area contributed by atoms with Crippen LogP contribution in [0.15, 0.2) is 55.1 Å². The summed E-state index contributed by atoms with van der Waals surface area (Å²) in [6, 6.07) is 13.4. The highest BCUT2D eigenvalue weighted by Crippen LogP contribution is 2.42. The van der Waals surface area contributed by atoms with Gasteiger partial charge in [0.15, 0.2) is 0 Å². The summed E-state index contributed by atoms with van der Waals surface area (Å²) in [4.78, 5) is 13.0. The third-order valence-corrected chi connectivity index (χ3v) is 5.70. The molecule has 0 saturated carbocycles. The molecule has 0 fully saturated rings. The number of ether oxygens (including phenoxy) is 2. The molecule has 1 atom stereocenters. The Labute approximate surface area is 167 Å². The van der Waals surface area contributed by atoms with Crippen LogP contribution in [0.5, 0.6) is 11.5 Å². The van der Waals surface area contributed by atoms with Crippen LogP contribution >= 0.6 is 0 Å². The molecule has 1 amide bonds. The highest BCUT2D eigenvalue weighted by atomic mass is 16.5. The molecule has 2 aromatic rings. The number of amides is 1. The topological polar surface area (TPSA) is 47.6 Å². The van der Waals surface area contributed by atoms with Crippen molar-refractivity contribution in [2.75, 3.05) is 7.11 Å². The number of methoxy groups -OCH3 is 1. The summed E-state index contributed by atoms with van der Waals surface area (Å²) in [6.07, 6.45) is 5.02. The normalized spacial score (nSPS) is 17.2. The second-order valence-corrected chi connectivity index (χ2v) is 7.28. The van der Waals surface area contributed by atoms with Crippen LogP contribution in [0.1, 0.15) is 60.6 Å². The van der Waals surface area contributed by atoms with Crippen molar-refractivity contribution in [3.63, 3.8) is 0 Å². The van der Waals surface area contributed by atoms with Crippen LogP contribution in [0.4, 0.5) is 0 Å². The number of carbonyl (C=O) groups excluding carboxylic acids is 1. The fourth-order valence-corrected chi connectivity index (χ4v) is 3.91. The van der Waals surface area contributed by atoms with Crippen molar-refractivity contribution in [3.8, 4) is 11.5 Å². The summed E-state index contributed by atoms with van der Waals surface area (Å²) in [5, 5.41) is 3.24. The van der Waals surface area contributed by atoms with Crippen molar-refractivity contribution in [3.05, 3.63) is 71.8 Å². The number of fused-ring (bicyclic) bond motifs is 1. The lowest BCUT2D eigenvalue weighted by molar-refractivity contribution is 0.0227. The van der Waals surface area contributed by atoms with E-state index < -0.39 is 0 Å². The van der Waals surface area contributed by atoms with E-state index in [0.717, 1.165) is 41.9 Å². The molecule has 2 aromatic carbocycles. The standard InChI is InChI=1S/C24H29NO3/c1-5-10-17-15-18(13-14-21(17)27-4)23(26)25-20-16-24(6-2,7-3)28-22-12-9-8-11-19(20)22/h5,8-9,11-15,20H,1,6-7,10,16H2,2-4H3,(H,25,26)/t20-/m0/s1. The highest BCUT2D eigenvalue weighted by Gasteiger charge is 2.39. The van der Waals surface area contributed by atoms with E-state index in [1.54, 1.807) is 13.2 Å². The number of hydrogen-bond donors (Lipinski definition) is 1. The molecule has 3 rings (SSSR count). The van der Waals surface area contributed by atoms with Gasteiger partial charge in [-0.3, -0.25) is 4.79 Å². The van der Waals surface area contributed by atoms with Gasteiger partial charge < -0.3 is 14.8 Å². The van der Waals surface area contributed by atoms with Crippen LogP contribution < -0.4 is 14.8 Å². The summed E-state index contributed by atoms with van der Waals surface area (Å²) >= 11 is 0. The predicted octanol–water partition coefficient (Wildman–Crippen LogP) is 5.24. The first-order chi connectivity index (χ1) is 13.6. The maximum Gasteiger partial charge on any atom is 0.251 e. The smallest absolute Gasteiger partial charge is 0.251 e. The largest absolute Gasteiger partial charge is 0.496 e. The zero-order valence-corrected chi connectivity index (χ0v) is 17.0. The van der Waals surface area contributed by atoms with Crippen molar-refractivity contribution in [1.82, 2.24) is 5.32 Å². The number of carbonyl (C=O) groups is 1. The lowest BCUT2D eigenvalue weighted by atomic mass is 9.83. The molecular weight excluding hydrogens is 350 g/mol. The molecule has 1 aliphatic heterocycles. The minimum atomic E-state index is -0.250. The Morgan fingerprint density at radius 1 is 1.29 bits per heavy atom. The van der Waals surface area contributed by atoms with Crippen LogP contribution in [0, 0.1) is 0 Å². The van der Waals surface area contributed by atoms with E-state index in [2.05, 4.69) is 25.7 Å². The first-order valence-corrected chi connectivity index (χ1v) is 9.92. The molecule has 1 N–H and O–H groups in total. The van der Waals surface area contributed by atoms with E-state index in [-0.39, 0.29) is 17.6 Å². The van der Waals surface area contributed by atoms with Crippen molar-refractivity contribution >= 4 is 5.91 Å². The van der Waals surface area contributed by atoms with Gasteiger partial charge in [-0.1, -0.05) is 38.1 Å². The highest BCUT2D eigenvalue weighted by molar-refractivity contribution is 5.95.